The van der Waals surface area contributed by atoms with Gasteiger partial charge in [-0.2, -0.15) is 0 Å². The van der Waals surface area contributed by atoms with Gasteiger partial charge in [-0.25, -0.2) is 0 Å². The average Bonchev–Trinajstić information content (AvgIpc) is 2.90. The Morgan fingerprint density at radius 1 is 1.20 bits per heavy atom. The van der Waals surface area contributed by atoms with Gasteiger partial charge < -0.3 is 10.4 Å². The van der Waals surface area contributed by atoms with E-state index in [-0.39, 0.29) is 6.10 Å². The number of thiophene rings is 1. The van der Waals surface area contributed by atoms with Crippen molar-refractivity contribution in [3.05, 3.63) is 22.4 Å². The molecule has 1 atom stereocenters. The molecule has 4 saturated carbocycles. The van der Waals surface area contributed by atoms with Crippen LogP contribution in [-0.2, 0) is 0 Å². The quantitative estimate of drug-likeness (QED) is 0.866. The molecule has 1 aromatic rings. The molecular weight excluding hydrogens is 266 g/mol. The van der Waals surface area contributed by atoms with Crippen LogP contribution in [0.15, 0.2) is 17.5 Å². The average molecular weight is 291 g/mol. The van der Waals surface area contributed by atoms with Gasteiger partial charge in [0.15, 0.2) is 0 Å². The molecule has 0 saturated heterocycles. The second kappa shape index (κ2) is 5.11. The van der Waals surface area contributed by atoms with Crippen molar-refractivity contribution in [1.82, 2.24) is 5.32 Å². The fraction of sp³-hybridized carbons (Fsp3) is 0.765. The Hall–Kier alpha value is -0.380. The summed E-state index contributed by atoms with van der Waals surface area (Å²) in [5.74, 6) is 2.99. The van der Waals surface area contributed by atoms with Gasteiger partial charge in [0.2, 0.25) is 0 Å². The molecule has 4 aliphatic carbocycles. The van der Waals surface area contributed by atoms with Crippen molar-refractivity contribution < 1.29 is 5.11 Å². The van der Waals surface area contributed by atoms with Crippen molar-refractivity contribution in [2.75, 3.05) is 6.54 Å². The minimum Gasteiger partial charge on any atom is -0.388 e. The Labute approximate surface area is 125 Å². The largest absolute Gasteiger partial charge is 0.388 e. The maximum atomic E-state index is 10.2. The molecule has 1 aromatic heterocycles. The van der Waals surface area contributed by atoms with Crippen LogP contribution in [0.25, 0.3) is 0 Å². The lowest BCUT2D eigenvalue weighted by Gasteiger charge is -2.57. The van der Waals surface area contributed by atoms with Gasteiger partial charge in [0.1, 0.15) is 0 Å². The minimum absolute atomic E-state index is 0.281. The predicted molar refractivity (Wildman–Crippen MR) is 82.8 cm³/mol. The van der Waals surface area contributed by atoms with Gasteiger partial charge in [-0.05, 0) is 80.7 Å². The molecule has 4 aliphatic rings. The van der Waals surface area contributed by atoms with Gasteiger partial charge in [0.25, 0.3) is 0 Å². The van der Waals surface area contributed by atoms with Crippen LogP contribution in [0.4, 0.5) is 0 Å². The summed E-state index contributed by atoms with van der Waals surface area (Å²) in [5.41, 5.74) is 0.434. The predicted octanol–water partition coefficient (Wildman–Crippen LogP) is 3.73. The molecule has 4 bridgehead atoms. The Bertz CT molecular complexity index is 420. The summed E-state index contributed by atoms with van der Waals surface area (Å²) in [6.07, 6.45) is 9.26. The fourth-order valence-electron chi connectivity index (χ4n) is 5.42. The standard InChI is InChI=1S/C17H25NOS/c19-15(16-2-1-5-20-16)3-4-18-17-9-12-6-13(10-17)8-14(7-12)11-17/h1-2,5,12-15,18-19H,3-4,6-11H2. The smallest absolute Gasteiger partial charge is 0.0894 e. The first-order chi connectivity index (χ1) is 9.72. The zero-order chi connectivity index (χ0) is 13.6. The Kier molecular flexibility index (Phi) is 3.40. The number of rotatable bonds is 5. The van der Waals surface area contributed by atoms with E-state index in [1.165, 1.54) is 38.5 Å². The summed E-state index contributed by atoms with van der Waals surface area (Å²) >= 11 is 1.66. The van der Waals surface area contributed by atoms with Gasteiger partial charge >= 0.3 is 0 Å². The Morgan fingerprint density at radius 3 is 2.40 bits per heavy atom. The third-order valence-corrected chi connectivity index (χ3v) is 6.80. The van der Waals surface area contributed by atoms with Crippen molar-refractivity contribution >= 4 is 11.3 Å². The van der Waals surface area contributed by atoms with Crippen LogP contribution in [0.5, 0.6) is 0 Å². The highest BCUT2D eigenvalue weighted by Crippen LogP contribution is 2.55. The summed E-state index contributed by atoms with van der Waals surface area (Å²) in [6.45, 7) is 0.964. The van der Waals surface area contributed by atoms with Gasteiger partial charge in [-0.15, -0.1) is 11.3 Å². The third kappa shape index (κ3) is 2.44. The minimum atomic E-state index is -0.281. The SMILES string of the molecule is OC(CCNC12CC3CC(CC(C3)C1)C2)c1cccs1. The van der Waals surface area contributed by atoms with Crippen LogP contribution in [0.1, 0.15) is 55.9 Å². The van der Waals surface area contributed by atoms with E-state index in [0.717, 1.165) is 35.6 Å². The first kappa shape index (κ1) is 13.3. The Morgan fingerprint density at radius 2 is 1.85 bits per heavy atom. The number of aliphatic hydroxyl groups excluding tert-OH is 1. The number of nitrogens with one attached hydrogen (secondary N) is 1. The molecule has 20 heavy (non-hydrogen) atoms. The fourth-order valence-corrected chi connectivity index (χ4v) is 6.17. The summed E-state index contributed by atoms with van der Waals surface area (Å²) in [5, 5.41) is 16.1. The lowest BCUT2D eigenvalue weighted by atomic mass is 9.53. The molecule has 1 unspecified atom stereocenters. The maximum Gasteiger partial charge on any atom is 0.0894 e. The van der Waals surface area contributed by atoms with E-state index in [2.05, 4.69) is 5.32 Å². The van der Waals surface area contributed by atoms with Crippen LogP contribution in [-0.4, -0.2) is 17.2 Å². The summed E-state index contributed by atoms with van der Waals surface area (Å²) in [4.78, 5) is 1.11. The van der Waals surface area contributed by atoms with Gasteiger partial charge in [0, 0.05) is 10.4 Å². The van der Waals surface area contributed by atoms with Crippen LogP contribution in [0, 0.1) is 17.8 Å². The molecule has 0 aromatic carbocycles. The van der Waals surface area contributed by atoms with Gasteiger partial charge in [-0.1, -0.05) is 6.07 Å². The topological polar surface area (TPSA) is 32.3 Å². The second-order valence-electron chi connectivity index (χ2n) is 7.44. The highest BCUT2D eigenvalue weighted by molar-refractivity contribution is 7.10. The summed E-state index contributed by atoms with van der Waals surface area (Å²) < 4.78 is 0. The van der Waals surface area contributed by atoms with Crippen molar-refractivity contribution in [2.24, 2.45) is 17.8 Å². The first-order valence-electron chi connectivity index (χ1n) is 8.19. The lowest BCUT2D eigenvalue weighted by molar-refractivity contribution is -0.0208. The molecule has 0 spiro atoms. The van der Waals surface area contributed by atoms with Gasteiger partial charge in [0.05, 0.1) is 6.10 Å². The normalized spacial score (nSPS) is 40.1. The molecule has 2 N–H and O–H groups in total. The molecular formula is C17H25NOS. The lowest BCUT2D eigenvalue weighted by Crippen LogP contribution is -2.58. The maximum absolute atomic E-state index is 10.2. The number of aliphatic hydroxyl groups is 1. The van der Waals surface area contributed by atoms with E-state index in [9.17, 15) is 5.11 Å². The zero-order valence-corrected chi connectivity index (χ0v) is 12.9. The molecule has 5 rings (SSSR count). The molecule has 0 aliphatic heterocycles. The molecule has 3 heteroatoms. The van der Waals surface area contributed by atoms with Crippen LogP contribution in [0.3, 0.4) is 0 Å². The van der Waals surface area contributed by atoms with Crippen molar-refractivity contribution in [3.8, 4) is 0 Å². The molecule has 110 valence electrons. The van der Waals surface area contributed by atoms with Gasteiger partial charge in [-0.3, -0.25) is 0 Å². The molecule has 4 fully saturated rings. The first-order valence-corrected chi connectivity index (χ1v) is 9.07. The monoisotopic (exact) mass is 291 g/mol. The van der Waals surface area contributed by atoms with Crippen LogP contribution >= 0.6 is 11.3 Å². The van der Waals surface area contributed by atoms with E-state index in [4.69, 9.17) is 0 Å². The van der Waals surface area contributed by atoms with Crippen LogP contribution in [0.2, 0.25) is 0 Å². The van der Waals surface area contributed by atoms with E-state index in [1.807, 2.05) is 17.5 Å². The number of hydrogen-bond donors (Lipinski definition) is 2. The third-order valence-electron chi connectivity index (χ3n) is 5.83. The van der Waals surface area contributed by atoms with Crippen molar-refractivity contribution in [3.63, 3.8) is 0 Å². The highest BCUT2D eigenvalue weighted by Gasteiger charge is 2.50. The summed E-state index contributed by atoms with van der Waals surface area (Å²) in [6, 6.07) is 4.07. The zero-order valence-electron chi connectivity index (χ0n) is 12.1. The molecule has 0 radical (unpaired) electrons. The Balaban J connectivity index is 1.33. The van der Waals surface area contributed by atoms with Crippen LogP contribution < -0.4 is 5.32 Å². The second-order valence-corrected chi connectivity index (χ2v) is 8.42. The molecule has 1 heterocycles. The van der Waals surface area contributed by atoms with Crippen molar-refractivity contribution in [2.45, 2.75) is 56.6 Å². The van der Waals surface area contributed by atoms with E-state index < -0.39 is 0 Å². The summed E-state index contributed by atoms with van der Waals surface area (Å²) in [7, 11) is 0. The van der Waals surface area contributed by atoms with E-state index in [1.54, 1.807) is 11.3 Å². The van der Waals surface area contributed by atoms with Crippen molar-refractivity contribution in [1.29, 1.82) is 0 Å². The molecule has 0 amide bonds. The van der Waals surface area contributed by atoms with E-state index >= 15 is 0 Å². The highest BCUT2D eigenvalue weighted by atomic mass is 32.1. The molecule has 2 nitrogen and oxygen atoms in total. The number of hydrogen-bond acceptors (Lipinski definition) is 3. The van der Waals surface area contributed by atoms with E-state index in [0.29, 0.717) is 5.54 Å².